The van der Waals surface area contributed by atoms with Crippen molar-refractivity contribution in [1.82, 2.24) is 4.98 Å². The maximum absolute atomic E-state index is 8.85. The van der Waals surface area contributed by atoms with Gasteiger partial charge < -0.3 is 4.74 Å². The predicted molar refractivity (Wildman–Crippen MR) is 74.2 cm³/mol. The molecule has 96 valence electrons. The second-order valence-corrected chi connectivity index (χ2v) is 5.37. The van der Waals surface area contributed by atoms with Gasteiger partial charge in [0.15, 0.2) is 0 Å². The number of aromatic nitrogens is 1. The van der Waals surface area contributed by atoms with E-state index in [4.69, 9.17) is 10.00 Å². The number of pyridine rings is 1. The number of rotatable bonds is 2. The summed E-state index contributed by atoms with van der Waals surface area (Å²) in [5, 5.41) is 8.85. The lowest BCUT2D eigenvalue weighted by Gasteiger charge is -2.19. The molecular formula is C16H16N2O. The zero-order chi connectivity index (χ0) is 13.9. The van der Waals surface area contributed by atoms with Gasteiger partial charge in [0.25, 0.3) is 0 Å². The summed E-state index contributed by atoms with van der Waals surface area (Å²) in [4.78, 5) is 4.10. The maximum atomic E-state index is 8.85. The summed E-state index contributed by atoms with van der Waals surface area (Å²) in [5.74, 6) is 1.17. The molecule has 1 heterocycles. The van der Waals surface area contributed by atoms with Gasteiger partial charge in [-0.3, -0.25) is 0 Å². The number of nitriles is 1. The van der Waals surface area contributed by atoms with Gasteiger partial charge in [0.2, 0.25) is 5.88 Å². The average Bonchev–Trinajstić information content (AvgIpc) is 2.38. The second kappa shape index (κ2) is 5.11. The fraction of sp³-hybridized carbons (Fsp3) is 0.250. The fourth-order valence-electron chi connectivity index (χ4n) is 1.68. The Morgan fingerprint density at radius 1 is 1.16 bits per heavy atom. The van der Waals surface area contributed by atoms with Gasteiger partial charge in [0, 0.05) is 12.3 Å². The topological polar surface area (TPSA) is 45.9 Å². The summed E-state index contributed by atoms with van der Waals surface area (Å²) in [5.41, 5.74) is 1.81. The Hall–Kier alpha value is -2.34. The molecule has 0 aliphatic carbocycles. The summed E-state index contributed by atoms with van der Waals surface area (Å²) in [7, 11) is 0. The fourth-order valence-corrected chi connectivity index (χ4v) is 1.68. The van der Waals surface area contributed by atoms with Gasteiger partial charge in [-0.05, 0) is 29.2 Å². The molecule has 2 rings (SSSR count). The molecule has 2 aromatic rings. The first kappa shape index (κ1) is 13.1. The molecule has 19 heavy (non-hydrogen) atoms. The lowest BCUT2D eigenvalue weighted by atomic mass is 9.87. The van der Waals surface area contributed by atoms with Crippen LogP contribution in [-0.2, 0) is 5.41 Å². The van der Waals surface area contributed by atoms with Crippen molar-refractivity contribution in [2.75, 3.05) is 0 Å². The number of hydrogen-bond donors (Lipinski definition) is 0. The van der Waals surface area contributed by atoms with Crippen molar-refractivity contribution in [2.24, 2.45) is 0 Å². The highest BCUT2D eigenvalue weighted by molar-refractivity contribution is 5.37. The molecule has 1 aromatic heterocycles. The summed E-state index contributed by atoms with van der Waals surface area (Å²) in [6.45, 7) is 6.46. The van der Waals surface area contributed by atoms with Crippen LogP contribution in [0.5, 0.6) is 11.6 Å². The largest absolute Gasteiger partial charge is 0.439 e. The number of hydrogen-bond acceptors (Lipinski definition) is 3. The van der Waals surface area contributed by atoms with E-state index in [-0.39, 0.29) is 5.41 Å². The molecule has 0 unspecified atom stereocenters. The molecule has 3 heteroatoms. The van der Waals surface area contributed by atoms with Crippen LogP contribution in [0.15, 0.2) is 42.6 Å². The molecule has 3 nitrogen and oxygen atoms in total. The SMILES string of the molecule is CC(C)(C)c1cccc(Oc2cc(C#N)ccn2)c1. The standard InChI is InChI=1S/C16H16N2O/c1-16(2,3)13-5-4-6-14(10-13)19-15-9-12(11-17)7-8-18-15/h4-10H,1-3H3. The number of ether oxygens (including phenoxy) is 1. The van der Waals surface area contributed by atoms with Crippen molar-refractivity contribution < 1.29 is 4.74 Å². The Labute approximate surface area is 113 Å². The summed E-state index contributed by atoms with van der Waals surface area (Å²) < 4.78 is 5.69. The first-order chi connectivity index (χ1) is 8.99. The van der Waals surface area contributed by atoms with Crippen molar-refractivity contribution in [2.45, 2.75) is 26.2 Å². The lowest BCUT2D eigenvalue weighted by molar-refractivity contribution is 0.459. The predicted octanol–water partition coefficient (Wildman–Crippen LogP) is 4.04. The third kappa shape index (κ3) is 3.32. The maximum Gasteiger partial charge on any atom is 0.220 e. The summed E-state index contributed by atoms with van der Waals surface area (Å²) in [6.07, 6.45) is 1.57. The van der Waals surface area contributed by atoms with Gasteiger partial charge in [0.05, 0.1) is 11.6 Å². The van der Waals surface area contributed by atoms with Crippen LogP contribution >= 0.6 is 0 Å². The Kier molecular flexibility index (Phi) is 3.52. The molecule has 0 N–H and O–H groups in total. The van der Waals surface area contributed by atoms with Crippen molar-refractivity contribution in [3.63, 3.8) is 0 Å². The third-order valence-corrected chi connectivity index (χ3v) is 2.79. The third-order valence-electron chi connectivity index (χ3n) is 2.79. The van der Waals surface area contributed by atoms with E-state index in [9.17, 15) is 0 Å². The van der Waals surface area contributed by atoms with Crippen LogP contribution in [-0.4, -0.2) is 4.98 Å². The van der Waals surface area contributed by atoms with Gasteiger partial charge in [-0.2, -0.15) is 5.26 Å². The van der Waals surface area contributed by atoms with Crippen molar-refractivity contribution in [3.8, 4) is 17.7 Å². The van der Waals surface area contributed by atoms with Crippen LogP contribution in [0, 0.1) is 11.3 Å². The molecule has 0 aliphatic heterocycles. The van der Waals surface area contributed by atoms with Crippen molar-refractivity contribution in [1.29, 1.82) is 5.26 Å². The Morgan fingerprint density at radius 2 is 1.95 bits per heavy atom. The molecule has 1 aromatic carbocycles. The molecule has 0 radical (unpaired) electrons. The Morgan fingerprint density at radius 3 is 2.63 bits per heavy atom. The van der Waals surface area contributed by atoms with E-state index in [1.165, 1.54) is 5.56 Å². The van der Waals surface area contributed by atoms with Crippen molar-refractivity contribution in [3.05, 3.63) is 53.7 Å². The van der Waals surface area contributed by atoms with Gasteiger partial charge in [-0.25, -0.2) is 4.98 Å². The monoisotopic (exact) mass is 252 g/mol. The minimum atomic E-state index is 0.0707. The Balaban J connectivity index is 2.26. The zero-order valence-electron chi connectivity index (χ0n) is 11.3. The van der Waals surface area contributed by atoms with E-state index in [1.54, 1.807) is 18.3 Å². The van der Waals surface area contributed by atoms with E-state index in [2.05, 4.69) is 37.9 Å². The highest BCUT2D eigenvalue weighted by Gasteiger charge is 2.14. The Bertz CT molecular complexity index is 621. The zero-order valence-corrected chi connectivity index (χ0v) is 11.3. The van der Waals surface area contributed by atoms with E-state index in [0.29, 0.717) is 11.4 Å². The van der Waals surface area contributed by atoms with Gasteiger partial charge in [-0.1, -0.05) is 32.9 Å². The molecule has 0 saturated heterocycles. The molecule has 0 atom stereocenters. The smallest absolute Gasteiger partial charge is 0.220 e. The number of benzene rings is 1. The summed E-state index contributed by atoms with van der Waals surface area (Å²) in [6, 6.07) is 13.3. The van der Waals surface area contributed by atoms with E-state index < -0.39 is 0 Å². The summed E-state index contributed by atoms with van der Waals surface area (Å²) >= 11 is 0. The van der Waals surface area contributed by atoms with Gasteiger partial charge in [0.1, 0.15) is 5.75 Å². The molecular weight excluding hydrogens is 236 g/mol. The average molecular weight is 252 g/mol. The second-order valence-electron chi connectivity index (χ2n) is 5.37. The van der Waals surface area contributed by atoms with Crippen molar-refractivity contribution >= 4 is 0 Å². The molecule has 0 spiro atoms. The number of nitrogens with zero attached hydrogens (tertiary/aromatic N) is 2. The van der Waals surface area contributed by atoms with E-state index >= 15 is 0 Å². The lowest BCUT2D eigenvalue weighted by Crippen LogP contribution is -2.10. The molecule has 0 bridgehead atoms. The molecule has 0 aliphatic rings. The first-order valence-electron chi connectivity index (χ1n) is 6.13. The van der Waals surface area contributed by atoms with Gasteiger partial charge in [-0.15, -0.1) is 0 Å². The van der Waals surface area contributed by atoms with Crippen LogP contribution in [0.1, 0.15) is 31.9 Å². The highest BCUT2D eigenvalue weighted by Crippen LogP contribution is 2.27. The normalized spacial score (nSPS) is 10.8. The van der Waals surface area contributed by atoms with Crippen LogP contribution in [0.25, 0.3) is 0 Å². The first-order valence-corrected chi connectivity index (χ1v) is 6.13. The van der Waals surface area contributed by atoms with Crippen LogP contribution in [0.2, 0.25) is 0 Å². The molecule has 0 saturated carbocycles. The van der Waals surface area contributed by atoms with Crippen LogP contribution in [0.3, 0.4) is 0 Å². The highest BCUT2D eigenvalue weighted by atomic mass is 16.5. The van der Waals surface area contributed by atoms with Crippen LogP contribution in [0.4, 0.5) is 0 Å². The minimum Gasteiger partial charge on any atom is -0.439 e. The molecule has 0 amide bonds. The quantitative estimate of drug-likeness (QED) is 0.810. The molecule has 0 fully saturated rings. The van der Waals surface area contributed by atoms with Gasteiger partial charge >= 0.3 is 0 Å². The van der Waals surface area contributed by atoms with Crippen LogP contribution < -0.4 is 4.74 Å². The van der Waals surface area contributed by atoms with E-state index in [1.807, 2.05) is 18.2 Å². The minimum absolute atomic E-state index is 0.0707. The van der Waals surface area contributed by atoms with E-state index in [0.717, 1.165) is 5.75 Å².